The van der Waals surface area contributed by atoms with Crippen LogP contribution < -0.4 is 5.32 Å². The number of piperidine rings is 1. The number of hydrogen-bond donors (Lipinski definition) is 1. The number of carbonyl (C=O) groups excluding carboxylic acids is 1. The van der Waals surface area contributed by atoms with E-state index in [-0.39, 0.29) is 5.91 Å². The molecule has 1 aliphatic rings. The summed E-state index contributed by atoms with van der Waals surface area (Å²) in [6.07, 6.45) is 3.53. The normalized spacial score (nSPS) is 17.1. The summed E-state index contributed by atoms with van der Waals surface area (Å²) in [5.74, 6) is 0.272. The number of amides is 1. The van der Waals surface area contributed by atoms with E-state index < -0.39 is 0 Å². The van der Waals surface area contributed by atoms with Crippen molar-refractivity contribution in [3.8, 4) is 0 Å². The Morgan fingerprint density at radius 1 is 1.50 bits per heavy atom. The minimum Gasteiger partial charge on any atom is -0.343 e. The Labute approximate surface area is 117 Å². The molecule has 18 heavy (non-hydrogen) atoms. The molecule has 0 bridgehead atoms. The molecule has 1 aliphatic heterocycles. The standard InChI is InChI=1S/C13H19ClN2OS/c1-15-10-6-8-16(9-7-10)13(17)5-3-11-2-4-12(14)18-11/h2,4,10,15H,3,5-9H2,1H3. The fourth-order valence-corrected chi connectivity index (χ4v) is 3.38. The van der Waals surface area contributed by atoms with Gasteiger partial charge in [-0.1, -0.05) is 11.6 Å². The number of thiophene rings is 1. The fourth-order valence-electron chi connectivity index (χ4n) is 2.29. The molecule has 2 rings (SSSR count). The largest absolute Gasteiger partial charge is 0.343 e. The Morgan fingerprint density at radius 2 is 2.22 bits per heavy atom. The molecule has 100 valence electrons. The lowest BCUT2D eigenvalue weighted by Gasteiger charge is -2.31. The summed E-state index contributed by atoms with van der Waals surface area (Å²) in [6.45, 7) is 1.77. The third kappa shape index (κ3) is 3.70. The van der Waals surface area contributed by atoms with Crippen molar-refractivity contribution in [3.63, 3.8) is 0 Å². The molecular weight excluding hydrogens is 268 g/mol. The Kier molecular flexibility index (Phi) is 5.03. The summed E-state index contributed by atoms with van der Waals surface area (Å²) in [7, 11) is 1.99. The monoisotopic (exact) mass is 286 g/mol. The third-order valence-corrected chi connectivity index (χ3v) is 4.76. The SMILES string of the molecule is CNC1CCN(C(=O)CCc2ccc(Cl)s2)CC1. The van der Waals surface area contributed by atoms with Crippen LogP contribution in [0.4, 0.5) is 0 Å². The summed E-state index contributed by atoms with van der Waals surface area (Å²) in [5, 5.41) is 3.27. The molecule has 1 N–H and O–H groups in total. The first-order valence-electron chi connectivity index (χ1n) is 6.38. The number of halogens is 1. The smallest absolute Gasteiger partial charge is 0.222 e. The molecule has 1 aromatic rings. The lowest BCUT2D eigenvalue weighted by atomic mass is 10.0. The average Bonchev–Trinajstić information content (AvgIpc) is 2.82. The van der Waals surface area contributed by atoms with Gasteiger partial charge in [0.25, 0.3) is 0 Å². The van der Waals surface area contributed by atoms with E-state index in [1.54, 1.807) is 11.3 Å². The average molecular weight is 287 g/mol. The molecule has 0 spiro atoms. The molecule has 0 unspecified atom stereocenters. The molecule has 0 radical (unpaired) electrons. The van der Waals surface area contributed by atoms with Crippen LogP contribution in [0.3, 0.4) is 0 Å². The summed E-state index contributed by atoms with van der Waals surface area (Å²) in [5.41, 5.74) is 0. The lowest BCUT2D eigenvalue weighted by molar-refractivity contribution is -0.132. The van der Waals surface area contributed by atoms with Crippen LogP contribution in [0, 0.1) is 0 Å². The zero-order valence-electron chi connectivity index (χ0n) is 10.6. The van der Waals surface area contributed by atoms with Crippen molar-refractivity contribution in [3.05, 3.63) is 21.3 Å². The molecule has 1 saturated heterocycles. The first kappa shape index (κ1) is 13.8. The fraction of sp³-hybridized carbons (Fsp3) is 0.615. The Hall–Kier alpha value is -0.580. The highest BCUT2D eigenvalue weighted by atomic mass is 35.5. The molecular formula is C13H19ClN2OS. The Bertz CT molecular complexity index is 399. The molecule has 5 heteroatoms. The van der Waals surface area contributed by atoms with Crippen LogP contribution in [-0.4, -0.2) is 37.0 Å². The maximum Gasteiger partial charge on any atom is 0.222 e. The summed E-state index contributed by atoms with van der Waals surface area (Å²) < 4.78 is 0.798. The predicted octanol–water partition coefficient (Wildman–Crippen LogP) is 2.54. The topological polar surface area (TPSA) is 32.3 Å². The quantitative estimate of drug-likeness (QED) is 0.923. The van der Waals surface area contributed by atoms with E-state index in [0.29, 0.717) is 12.5 Å². The number of nitrogens with zero attached hydrogens (tertiary/aromatic N) is 1. The van der Waals surface area contributed by atoms with E-state index in [0.717, 1.165) is 36.7 Å². The van der Waals surface area contributed by atoms with Crippen molar-refractivity contribution in [2.24, 2.45) is 0 Å². The Balaban J connectivity index is 1.75. The molecule has 1 amide bonds. The van der Waals surface area contributed by atoms with Crippen LogP contribution in [0.25, 0.3) is 0 Å². The number of aryl methyl sites for hydroxylation is 1. The molecule has 0 aliphatic carbocycles. The molecule has 2 heterocycles. The van der Waals surface area contributed by atoms with Crippen molar-refractivity contribution in [1.29, 1.82) is 0 Å². The molecule has 1 aromatic heterocycles. The van der Waals surface area contributed by atoms with Gasteiger partial charge in [0.2, 0.25) is 5.91 Å². The molecule has 0 atom stereocenters. The van der Waals surface area contributed by atoms with Gasteiger partial charge in [-0.2, -0.15) is 0 Å². The van der Waals surface area contributed by atoms with Crippen molar-refractivity contribution in [2.75, 3.05) is 20.1 Å². The van der Waals surface area contributed by atoms with Crippen LogP contribution in [0.5, 0.6) is 0 Å². The maximum absolute atomic E-state index is 12.1. The first-order chi connectivity index (χ1) is 8.69. The van der Waals surface area contributed by atoms with E-state index in [4.69, 9.17) is 11.6 Å². The van der Waals surface area contributed by atoms with Crippen LogP contribution in [0.15, 0.2) is 12.1 Å². The second-order valence-corrected chi connectivity index (χ2v) is 6.45. The van der Waals surface area contributed by atoms with Gasteiger partial charge >= 0.3 is 0 Å². The van der Waals surface area contributed by atoms with Gasteiger partial charge in [0.1, 0.15) is 0 Å². The van der Waals surface area contributed by atoms with E-state index in [2.05, 4.69) is 5.32 Å². The maximum atomic E-state index is 12.1. The minimum atomic E-state index is 0.272. The van der Waals surface area contributed by atoms with Crippen LogP contribution >= 0.6 is 22.9 Å². The highest BCUT2D eigenvalue weighted by Crippen LogP contribution is 2.23. The first-order valence-corrected chi connectivity index (χ1v) is 7.57. The van der Waals surface area contributed by atoms with Gasteiger partial charge in [-0.05, 0) is 38.4 Å². The predicted molar refractivity (Wildman–Crippen MR) is 76.3 cm³/mol. The highest BCUT2D eigenvalue weighted by molar-refractivity contribution is 7.16. The van der Waals surface area contributed by atoms with E-state index >= 15 is 0 Å². The summed E-state index contributed by atoms with van der Waals surface area (Å²) in [4.78, 5) is 15.2. The number of rotatable bonds is 4. The van der Waals surface area contributed by atoms with Gasteiger partial charge in [-0.15, -0.1) is 11.3 Å². The van der Waals surface area contributed by atoms with Gasteiger partial charge in [0.05, 0.1) is 4.34 Å². The third-order valence-electron chi connectivity index (χ3n) is 3.47. The van der Waals surface area contributed by atoms with Gasteiger partial charge < -0.3 is 10.2 Å². The van der Waals surface area contributed by atoms with Gasteiger partial charge in [0.15, 0.2) is 0 Å². The Morgan fingerprint density at radius 3 is 2.78 bits per heavy atom. The van der Waals surface area contributed by atoms with Crippen LogP contribution in [0.2, 0.25) is 4.34 Å². The van der Waals surface area contributed by atoms with Crippen molar-refractivity contribution < 1.29 is 4.79 Å². The molecule has 0 saturated carbocycles. The van der Waals surface area contributed by atoms with Gasteiger partial charge in [0, 0.05) is 30.4 Å². The second kappa shape index (κ2) is 6.55. The van der Waals surface area contributed by atoms with Crippen LogP contribution in [0.1, 0.15) is 24.1 Å². The number of hydrogen-bond acceptors (Lipinski definition) is 3. The van der Waals surface area contributed by atoms with E-state index in [1.165, 1.54) is 4.88 Å². The van der Waals surface area contributed by atoms with Crippen molar-refractivity contribution in [1.82, 2.24) is 10.2 Å². The van der Waals surface area contributed by atoms with Crippen LogP contribution in [-0.2, 0) is 11.2 Å². The minimum absolute atomic E-state index is 0.272. The highest BCUT2D eigenvalue weighted by Gasteiger charge is 2.21. The van der Waals surface area contributed by atoms with E-state index in [1.807, 2.05) is 24.1 Å². The van der Waals surface area contributed by atoms with Crippen molar-refractivity contribution >= 4 is 28.8 Å². The zero-order chi connectivity index (χ0) is 13.0. The van der Waals surface area contributed by atoms with Gasteiger partial charge in [-0.25, -0.2) is 0 Å². The van der Waals surface area contributed by atoms with Gasteiger partial charge in [-0.3, -0.25) is 4.79 Å². The molecule has 0 aromatic carbocycles. The number of likely N-dealkylation sites (tertiary alicyclic amines) is 1. The zero-order valence-corrected chi connectivity index (χ0v) is 12.2. The molecule has 3 nitrogen and oxygen atoms in total. The second-order valence-electron chi connectivity index (χ2n) is 4.65. The van der Waals surface area contributed by atoms with Crippen molar-refractivity contribution in [2.45, 2.75) is 31.7 Å². The summed E-state index contributed by atoms with van der Waals surface area (Å²) >= 11 is 7.44. The number of nitrogens with one attached hydrogen (secondary N) is 1. The van der Waals surface area contributed by atoms with E-state index in [9.17, 15) is 4.79 Å². The number of carbonyl (C=O) groups is 1. The lowest BCUT2D eigenvalue weighted by Crippen LogP contribution is -2.44. The summed E-state index contributed by atoms with van der Waals surface area (Å²) in [6, 6.07) is 4.47. The molecule has 1 fully saturated rings.